The third kappa shape index (κ3) is 4.69. The van der Waals surface area contributed by atoms with Crippen LogP contribution in [0.1, 0.15) is 18.4 Å². The van der Waals surface area contributed by atoms with Gasteiger partial charge in [-0.2, -0.15) is 4.31 Å². The molecule has 0 radical (unpaired) electrons. The summed E-state index contributed by atoms with van der Waals surface area (Å²) < 4.78 is 27.2. The molecular formula is C20H23ClN2O3S. The van der Waals surface area contributed by atoms with Crippen LogP contribution in [0.2, 0.25) is 5.02 Å². The van der Waals surface area contributed by atoms with Gasteiger partial charge in [0, 0.05) is 31.7 Å². The van der Waals surface area contributed by atoms with E-state index in [1.54, 1.807) is 24.1 Å². The fraction of sp³-hybridized carbons (Fsp3) is 0.350. The summed E-state index contributed by atoms with van der Waals surface area (Å²) in [7, 11) is -1.86. The Labute approximate surface area is 165 Å². The Balaban J connectivity index is 1.69. The molecule has 7 heteroatoms. The van der Waals surface area contributed by atoms with Crippen LogP contribution in [0.5, 0.6) is 0 Å². The minimum Gasteiger partial charge on any atom is -0.341 e. The lowest BCUT2D eigenvalue weighted by molar-refractivity contribution is -0.135. The molecular weight excluding hydrogens is 384 g/mol. The number of carbonyl (C=O) groups is 1. The summed E-state index contributed by atoms with van der Waals surface area (Å²) in [4.78, 5) is 14.7. The summed E-state index contributed by atoms with van der Waals surface area (Å²) in [5.74, 6) is -0.343. The fourth-order valence-corrected chi connectivity index (χ4v) is 5.01. The van der Waals surface area contributed by atoms with Gasteiger partial charge in [-0.15, -0.1) is 0 Å². The topological polar surface area (TPSA) is 57.7 Å². The molecule has 27 heavy (non-hydrogen) atoms. The molecule has 1 amide bonds. The molecule has 144 valence electrons. The summed E-state index contributed by atoms with van der Waals surface area (Å²) >= 11 is 5.85. The highest BCUT2D eigenvalue weighted by Crippen LogP contribution is 2.26. The van der Waals surface area contributed by atoms with E-state index in [4.69, 9.17) is 11.6 Å². The Hall–Kier alpha value is -1.89. The number of benzene rings is 2. The van der Waals surface area contributed by atoms with Crippen LogP contribution in [0.4, 0.5) is 0 Å². The number of sulfonamides is 1. The zero-order valence-electron chi connectivity index (χ0n) is 15.2. The maximum atomic E-state index is 12.9. The molecule has 2 aromatic carbocycles. The van der Waals surface area contributed by atoms with Crippen LogP contribution >= 0.6 is 11.6 Å². The van der Waals surface area contributed by atoms with E-state index in [-0.39, 0.29) is 23.3 Å². The Bertz CT molecular complexity index is 885. The van der Waals surface area contributed by atoms with E-state index in [1.165, 1.54) is 16.4 Å². The van der Waals surface area contributed by atoms with E-state index < -0.39 is 10.0 Å². The Morgan fingerprint density at radius 3 is 2.48 bits per heavy atom. The number of amides is 1. The first-order chi connectivity index (χ1) is 12.9. The highest BCUT2D eigenvalue weighted by molar-refractivity contribution is 7.89. The second-order valence-corrected chi connectivity index (χ2v) is 9.21. The zero-order chi connectivity index (χ0) is 19.4. The quantitative estimate of drug-likeness (QED) is 0.764. The minimum absolute atomic E-state index is 0.0186. The molecule has 1 saturated heterocycles. The van der Waals surface area contributed by atoms with Crippen LogP contribution in [0, 0.1) is 5.92 Å². The number of nitrogens with zero attached hydrogens (tertiary/aromatic N) is 2. The van der Waals surface area contributed by atoms with Crippen LogP contribution in [0.3, 0.4) is 0 Å². The predicted molar refractivity (Wildman–Crippen MR) is 106 cm³/mol. The largest absolute Gasteiger partial charge is 0.341 e. The van der Waals surface area contributed by atoms with E-state index >= 15 is 0 Å². The number of hydrogen-bond donors (Lipinski definition) is 0. The van der Waals surface area contributed by atoms with Gasteiger partial charge in [-0.1, -0.05) is 41.9 Å². The first kappa shape index (κ1) is 19.9. The smallest absolute Gasteiger partial charge is 0.243 e. The molecule has 0 aromatic heterocycles. The van der Waals surface area contributed by atoms with Crippen molar-refractivity contribution < 1.29 is 13.2 Å². The number of carbonyl (C=O) groups excluding carboxylic acids is 1. The Kier molecular flexibility index (Phi) is 6.19. The summed E-state index contributed by atoms with van der Waals surface area (Å²) in [6.45, 7) is 1.15. The van der Waals surface area contributed by atoms with Crippen molar-refractivity contribution in [3.63, 3.8) is 0 Å². The maximum absolute atomic E-state index is 12.9. The Morgan fingerprint density at radius 2 is 1.81 bits per heavy atom. The van der Waals surface area contributed by atoms with Crippen LogP contribution in [0.15, 0.2) is 59.5 Å². The lowest BCUT2D eigenvalue weighted by atomic mass is 9.98. The molecule has 5 nitrogen and oxygen atoms in total. The summed E-state index contributed by atoms with van der Waals surface area (Å²) in [5, 5.41) is 0.489. The van der Waals surface area contributed by atoms with Crippen molar-refractivity contribution in [3.05, 3.63) is 65.2 Å². The summed E-state index contributed by atoms with van der Waals surface area (Å²) in [6.07, 6.45) is 1.37. The molecule has 0 saturated carbocycles. The first-order valence-corrected chi connectivity index (χ1v) is 10.7. The van der Waals surface area contributed by atoms with E-state index in [0.29, 0.717) is 31.0 Å². The SMILES string of the molecule is CN(Cc1ccccc1)C(=O)[C@@H]1CCCN(S(=O)(=O)c2ccc(Cl)cc2)C1. The molecule has 1 atom stereocenters. The van der Waals surface area contributed by atoms with Gasteiger partial charge in [0.25, 0.3) is 0 Å². The maximum Gasteiger partial charge on any atom is 0.243 e. The van der Waals surface area contributed by atoms with E-state index in [0.717, 1.165) is 5.56 Å². The minimum atomic E-state index is -3.63. The molecule has 1 aliphatic rings. The molecule has 1 fully saturated rings. The van der Waals surface area contributed by atoms with Gasteiger partial charge in [-0.05, 0) is 42.7 Å². The second-order valence-electron chi connectivity index (χ2n) is 6.84. The molecule has 1 heterocycles. The number of hydrogen-bond acceptors (Lipinski definition) is 3. The third-order valence-corrected chi connectivity index (χ3v) is 6.95. The molecule has 0 N–H and O–H groups in total. The average molecular weight is 407 g/mol. The number of piperidine rings is 1. The summed E-state index contributed by atoms with van der Waals surface area (Å²) in [6, 6.07) is 15.9. The standard InChI is InChI=1S/C20H23ClN2O3S/c1-22(14-16-6-3-2-4-7-16)20(24)17-8-5-13-23(15-17)27(25,26)19-11-9-18(21)10-12-19/h2-4,6-7,9-12,17H,5,8,13-15H2,1H3/t17-/m1/s1. The lowest BCUT2D eigenvalue weighted by Gasteiger charge is -2.33. The van der Waals surface area contributed by atoms with Gasteiger partial charge in [0.05, 0.1) is 10.8 Å². The highest BCUT2D eigenvalue weighted by atomic mass is 35.5. The van der Waals surface area contributed by atoms with Gasteiger partial charge in [-0.25, -0.2) is 8.42 Å². The monoisotopic (exact) mass is 406 g/mol. The van der Waals surface area contributed by atoms with E-state index in [9.17, 15) is 13.2 Å². The second kappa shape index (κ2) is 8.42. The van der Waals surface area contributed by atoms with Crippen LogP contribution in [-0.2, 0) is 21.4 Å². The van der Waals surface area contributed by atoms with Gasteiger partial charge in [-0.3, -0.25) is 4.79 Å². The van der Waals surface area contributed by atoms with Gasteiger partial charge >= 0.3 is 0 Å². The molecule has 0 unspecified atom stereocenters. The van der Waals surface area contributed by atoms with Crippen molar-refractivity contribution in [2.45, 2.75) is 24.3 Å². The van der Waals surface area contributed by atoms with Crippen LogP contribution in [-0.4, -0.2) is 43.7 Å². The molecule has 0 aliphatic carbocycles. The van der Waals surface area contributed by atoms with Crippen LogP contribution in [0.25, 0.3) is 0 Å². The predicted octanol–water partition coefficient (Wildman–Crippen LogP) is 3.40. The molecule has 0 bridgehead atoms. The van der Waals surface area contributed by atoms with Crippen molar-refractivity contribution in [3.8, 4) is 0 Å². The lowest BCUT2D eigenvalue weighted by Crippen LogP contribution is -2.45. The number of rotatable bonds is 5. The Morgan fingerprint density at radius 1 is 1.15 bits per heavy atom. The van der Waals surface area contributed by atoms with Gasteiger partial charge in [0.2, 0.25) is 15.9 Å². The molecule has 3 rings (SSSR count). The highest BCUT2D eigenvalue weighted by Gasteiger charge is 2.34. The van der Waals surface area contributed by atoms with Crippen molar-refractivity contribution in [2.24, 2.45) is 5.92 Å². The van der Waals surface area contributed by atoms with Crippen LogP contribution < -0.4 is 0 Å². The van der Waals surface area contributed by atoms with E-state index in [2.05, 4.69) is 0 Å². The van der Waals surface area contributed by atoms with Crippen molar-refractivity contribution in [2.75, 3.05) is 20.1 Å². The van der Waals surface area contributed by atoms with Gasteiger partial charge < -0.3 is 4.90 Å². The van der Waals surface area contributed by atoms with Crippen molar-refractivity contribution in [1.29, 1.82) is 0 Å². The zero-order valence-corrected chi connectivity index (χ0v) is 16.8. The van der Waals surface area contributed by atoms with Gasteiger partial charge in [0.1, 0.15) is 0 Å². The number of halogens is 1. The van der Waals surface area contributed by atoms with Gasteiger partial charge in [0.15, 0.2) is 0 Å². The normalized spacial score (nSPS) is 18.2. The van der Waals surface area contributed by atoms with E-state index in [1.807, 2.05) is 30.3 Å². The molecule has 0 spiro atoms. The van der Waals surface area contributed by atoms with Crippen molar-refractivity contribution >= 4 is 27.5 Å². The first-order valence-electron chi connectivity index (χ1n) is 8.92. The summed E-state index contributed by atoms with van der Waals surface area (Å²) in [5.41, 5.74) is 1.05. The van der Waals surface area contributed by atoms with Crippen molar-refractivity contribution in [1.82, 2.24) is 9.21 Å². The molecule has 2 aromatic rings. The fourth-order valence-electron chi connectivity index (χ4n) is 3.36. The third-order valence-electron chi connectivity index (χ3n) is 4.82. The molecule has 1 aliphatic heterocycles. The average Bonchev–Trinajstić information content (AvgIpc) is 2.68.